The van der Waals surface area contributed by atoms with Gasteiger partial charge in [-0.3, -0.25) is 14.4 Å². The number of nitrogens with zero attached hydrogens (tertiary/aromatic N) is 2. The lowest BCUT2D eigenvalue weighted by Gasteiger charge is -2.33. The van der Waals surface area contributed by atoms with Gasteiger partial charge >= 0.3 is 5.97 Å². The average Bonchev–Trinajstić information content (AvgIpc) is 3.32. The molecule has 11 nitrogen and oxygen atoms in total. The number of amides is 1. The second kappa shape index (κ2) is 13.2. The minimum absolute atomic E-state index is 0.0353. The molecule has 4 rings (SSSR count). The van der Waals surface area contributed by atoms with Crippen molar-refractivity contribution in [2.75, 3.05) is 32.1 Å². The number of aromatic nitrogens is 2. The van der Waals surface area contributed by atoms with Crippen molar-refractivity contribution in [2.24, 2.45) is 5.92 Å². The number of esters is 1. The van der Waals surface area contributed by atoms with Crippen molar-refractivity contribution < 1.29 is 27.5 Å². The Morgan fingerprint density at radius 3 is 2.88 bits per heavy atom. The normalized spacial score (nSPS) is 21.8. The SMILES string of the molecule is CCOC(=O)C1CCCCN1S(=O)(=O)CCCOC1C=CC=C(CNC(=O)c2nc3scc(C)c3c(=O)[nH]2)C1C. The van der Waals surface area contributed by atoms with Gasteiger partial charge in [0.25, 0.3) is 11.5 Å². The van der Waals surface area contributed by atoms with Crippen molar-refractivity contribution in [3.8, 4) is 0 Å². The first-order chi connectivity index (χ1) is 19.1. The molecule has 0 radical (unpaired) electrons. The van der Waals surface area contributed by atoms with Gasteiger partial charge in [0.15, 0.2) is 0 Å². The number of hydrogen-bond donors (Lipinski definition) is 2. The molecule has 1 fully saturated rings. The Labute approximate surface area is 237 Å². The van der Waals surface area contributed by atoms with Gasteiger partial charge in [-0.2, -0.15) is 4.31 Å². The summed E-state index contributed by atoms with van der Waals surface area (Å²) >= 11 is 1.32. The van der Waals surface area contributed by atoms with Gasteiger partial charge in [0.2, 0.25) is 15.8 Å². The zero-order valence-corrected chi connectivity index (χ0v) is 24.6. The van der Waals surface area contributed by atoms with Crippen LogP contribution in [0.4, 0.5) is 0 Å². The largest absolute Gasteiger partial charge is 0.465 e. The Morgan fingerprint density at radius 2 is 2.10 bits per heavy atom. The number of fused-ring (bicyclic) bond motifs is 1. The second-order valence-corrected chi connectivity index (χ2v) is 12.9. The van der Waals surface area contributed by atoms with Crippen LogP contribution in [-0.4, -0.2) is 78.8 Å². The van der Waals surface area contributed by atoms with Crippen LogP contribution in [0.5, 0.6) is 0 Å². The van der Waals surface area contributed by atoms with Crippen molar-refractivity contribution in [3.05, 3.63) is 50.9 Å². The van der Waals surface area contributed by atoms with E-state index >= 15 is 0 Å². The predicted octanol–water partition coefficient (Wildman–Crippen LogP) is 2.68. The third-order valence-electron chi connectivity index (χ3n) is 7.21. The minimum atomic E-state index is -3.64. The molecule has 1 amide bonds. The van der Waals surface area contributed by atoms with E-state index in [1.54, 1.807) is 6.92 Å². The smallest absolute Gasteiger partial charge is 0.324 e. The van der Waals surface area contributed by atoms with Crippen molar-refractivity contribution in [1.29, 1.82) is 0 Å². The Bertz CT molecular complexity index is 1460. The summed E-state index contributed by atoms with van der Waals surface area (Å²) in [5.74, 6) is -1.18. The van der Waals surface area contributed by atoms with E-state index in [4.69, 9.17) is 9.47 Å². The molecule has 0 spiro atoms. The summed E-state index contributed by atoms with van der Waals surface area (Å²) < 4.78 is 38.4. The zero-order valence-electron chi connectivity index (χ0n) is 23.0. The first-order valence-electron chi connectivity index (χ1n) is 13.5. The molecule has 1 aliphatic carbocycles. The van der Waals surface area contributed by atoms with Gasteiger partial charge in [0.1, 0.15) is 10.9 Å². The van der Waals surface area contributed by atoms with E-state index in [0.29, 0.717) is 23.2 Å². The van der Waals surface area contributed by atoms with Gasteiger partial charge in [0, 0.05) is 25.6 Å². The molecule has 218 valence electrons. The molecular formula is C27H36N4O7S2. The first-order valence-corrected chi connectivity index (χ1v) is 16.0. The molecule has 0 saturated carbocycles. The molecule has 13 heteroatoms. The summed E-state index contributed by atoms with van der Waals surface area (Å²) in [7, 11) is -3.64. The number of sulfonamides is 1. The van der Waals surface area contributed by atoms with Crippen LogP contribution in [0.15, 0.2) is 34.0 Å². The van der Waals surface area contributed by atoms with Crippen LogP contribution < -0.4 is 10.9 Å². The number of thiophene rings is 1. The van der Waals surface area contributed by atoms with Gasteiger partial charge in [-0.05, 0) is 56.0 Å². The molecule has 1 saturated heterocycles. The maximum Gasteiger partial charge on any atom is 0.324 e. The molecular weight excluding hydrogens is 556 g/mol. The molecule has 2 aliphatic rings. The number of piperidine rings is 1. The summed E-state index contributed by atoms with van der Waals surface area (Å²) in [5.41, 5.74) is 1.41. The monoisotopic (exact) mass is 592 g/mol. The second-order valence-electron chi connectivity index (χ2n) is 9.99. The molecule has 3 heterocycles. The van der Waals surface area contributed by atoms with E-state index in [-0.39, 0.29) is 55.3 Å². The van der Waals surface area contributed by atoms with Crippen molar-refractivity contribution >= 4 is 43.5 Å². The summed E-state index contributed by atoms with van der Waals surface area (Å²) in [6.07, 6.45) is 7.63. The Balaban J connectivity index is 1.26. The number of aromatic amines is 1. The number of carbonyl (C=O) groups excluding carboxylic acids is 2. The third-order valence-corrected chi connectivity index (χ3v) is 10.2. The quantitative estimate of drug-likeness (QED) is 0.299. The van der Waals surface area contributed by atoms with E-state index in [1.807, 2.05) is 37.5 Å². The fourth-order valence-corrected chi connectivity index (χ4v) is 7.62. The number of allylic oxidation sites excluding steroid dienone is 2. The molecule has 0 aromatic carbocycles. The predicted molar refractivity (Wildman–Crippen MR) is 153 cm³/mol. The van der Waals surface area contributed by atoms with Crippen LogP contribution in [-0.2, 0) is 24.3 Å². The van der Waals surface area contributed by atoms with Crippen LogP contribution in [0.25, 0.3) is 10.2 Å². The van der Waals surface area contributed by atoms with E-state index < -0.39 is 27.9 Å². The highest BCUT2D eigenvalue weighted by molar-refractivity contribution is 7.89. The van der Waals surface area contributed by atoms with Crippen LogP contribution >= 0.6 is 11.3 Å². The van der Waals surface area contributed by atoms with Gasteiger partial charge in [-0.15, -0.1) is 11.3 Å². The lowest BCUT2D eigenvalue weighted by molar-refractivity contribution is -0.148. The van der Waals surface area contributed by atoms with Crippen LogP contribution in [0.2, 0.25) is 0 Å². The van der Waals surface area contributed by atoms with E-state index in [9.17, 15) is 22.8 Å². The fraction of sp³-hybridized carbons (Fsp3) is 0.556. The van der Waals surface area contributed by atoms with E-state index in [1.165, 1.54) is 15.6 Å². The summed E-state index contributed by atoms with van der Waals surface area (Å²) in [4.78, 5) is 44.7. The molecule has 2 aromatic heterocycles. The number of carbonyl (C=O) groups is 2. The van der Waals surface area contributed by atoms with E-state index in [2.05, 4.69) is 15.3 Å². The maximum atomic E-state index is 13.0. The highest BCUT2D eigenvalue weighted by atomic mass is 32.2. The van der Waals surface area contributed by atoms with Gasteiger partial charge in [-0.1, -0.05) is 25.2 Å². The summed E-state index contributed by atoms with van der Waals surface area (Å²) in [5, 5.41) is 5.15. The van der Waals surface area contributed by atoms with Crippen LogP contribution in [0, 0.1) is 12.8 Å². The molecule has 3 atom stereocenters. The number of aryl methyl sites for hydroxylation is 1. The van der Waals surface area contributed by atoms with Crippen LogP contribution in [0.1, 0.15) is 55.7 Å². The molecule has 2 N–H and O–H groups in total. The average molecular weight is 593 g/mol. The highest BCUT2D eigenvalue weighted by Gasteiger charge is 2.37. The number of ether oxygens (including phenoxy) is 2. The maximum absolute atomic E-state index is 13.0. The van der Waals surface area contributed by atoms with Crippen molar-refractivity contribution in [1.82, 2.24) is 19.6 Å². The molecule has 1 aliphatic heterocycles. The Morgan fingerprint density at radius 1 is 1.30 bits per heavy atom. The Kier molecular flexibility index (Phi) is 9.93. The number of H-pyrrole nitrogens is 1. The molecule has 0 bridgehead atoms. The van der Waals surface area contributed by atoms with E-state index in [0.717, 1.165) is 24.0 Å². The molecule has 3 unspecified atom stereocenters. The summed E-state index contributed by atoms with van der Waals surface area (Å²) in [6.45, 7) is 6.51. The minimum Gasteiger partial charge on any atom is -0.465 e. The first kappa shape index (κ1) is 30.1. The molecule has 40 heavy (non-hydrogen) atoms. The molecule has 2 aromatic rings. The fourth-order valence-electron chi connectivity index (χ4n) is 4.99. The lowest BCUT2D eigenvalue weighted by atomic mass is 9.90. The van der Waals surface area contributed by atoms with Crippen molar-refractivity contribution in [3.63, 3.8) is 0 Å². The van der Waals surface area contributed by atoms with Gasteiger partial charge < -0.3 is 19.8 Å². The number of rotatable bonds is 11. The third kappa shape index (κ3) is 6.88. The number of nitrogens with one attached hydrogen (secondary N) is 2. The zero-order chi connectivity index (χ0) is 28.9. The Hall–Kier alpha value is -2.87. The highest BCUT2D eigenvalue weighted by Crippen LogP contribution is 2.25. The van der Waals surface area contributed by atoms with Crippen LogP contribution in [0.3, 0.4) is 0 Å². The van der Waals surface area contributed by atoms with Gasteiger partial charge in [-0.25, -0.2) is 13.4 Å². The standard InChI is InChI=1S/C27H36N4O7S2/c1-4-37-27(34)20-10-5-6-12-31(20)40(35,36)14-8-13-38-21-11-7-9-19(18(21)3)15-28-25(33)23-29-24(32)22-17(2)16-39-26(22)30-23/h7,9,11,16,18,20-21H,4-6,8,10,12-15H2,1-3H3,(H,28,33)(H,29,30,32). The lowest BCUT2D eigenvalue weighted by Crippen LogP contribution is -2.49. The number of hydrogen-bond acceptors (Lipinski definition) is 9. The van der Waals surface area contributed by atoms with Gasteiger partial charge in [0.05, 0.1) is 23.8 Å². The van der Waals surface area contributed by atoms with Crippen molar-refractivity contribution in [2.45, 2.75) is 58.6 Å². The summed E-state index contributed by atoms with van der Waals surface area (Å²) in [6, 6.07) is -0.756. The topological polar surface area (TPSA) is 148 Å².